The lowest BCUT2D eigenvalue weighted by Crippen LogP contribution is -2.45. The van der Waals surface area contributed by atoms with Gasteiger partial charge in [0, 0.05) is 19.3 Å². The van der Waals surface area contributed by atoms with Gasteiger partial charge < -0.3 is 5.32 Å². The average Bonchev–Trinajstić information content (AvgIpc) is 2.25. The number of alkyl halides is 2. The van der Waals surface area contributed by atoms with Gasteiger partial charge in [-0.15, -0.1) is 0 Å². The molecule has 2 nitrogen and oxygen atoms in total. The molecule has 0 spiro atoms. The van der Waals surface area contributed by atoms with Crippen molar-refractivity contribution in [1.82, 2.24) is 10.3 Å². The molecule has 1 atom stereocenters. The minimum Gasteiger partial charge on any atom is -0.308 e. The van der Waals surface area contributed by atoms with Crippen LogP contribution >= 0.6 is 11.6 Å². The lowest BCUT2D eigenvalue weighted by molar-refractivity contribution is -0.0180. The van der Waals surface area contributed by atoms with E-state index in [9.17, 15) is 8.78 Å². The number of halogens is 3. The molecule has 1 N–H and O–H groups in total. The van der Waals surface area contributed by atoms with Crippen LogP contribution in [0.1, 0.15) is 25.8 Å². The molecule has 17 heavy (non-hydrogen) atoms. The van der Waals surface area contributed by atoms with Crippen molar-refractivity contribution in [3.63, 3.8) is 0 Å². The summed E-state index contributed by atoms with van der Waals surface area (Å²) in [5, 5.41) is 3.29. The number of pyridine rings is 1. The molecule has 1 aromatic rings. The van der Waals surface area contributed by atoms with E-state index in [0.717, 1.165) is 13.3 Å². The van der Waals surface area contributed by atoms with Gasteiger partial charge in [-0.25, -0.2) is 8.78 Å². The third-order valence-electron chi connectivity index (χ3n) is 2.53. The normalized spacial score (nSPS) is 13.7. The number of aromatic nitrogens is 1. The lowest BCUT2D eigenvalue weighted by atomic mass is 10.0. The summed E-state index contributed by atoms with van der Waals surface area (Å²) in [6.07, 6.45) is 4.05. The number of nitrogens with one attached hydrogen (secondary N) is 1. The largest absolute Gasteiger partial charge is 0.308 e. The van der Waals surface area contributed by atoms with E-state index in [2.05, 4.69) is 10.3 Å². The summed E-state index contributed by atoms with van der Waals surface area (Å²) in [6.45, 7) is 3.43. The molecule has 0 saturated carbocycles. The summed E-state index contributed by atoms with van der Waals surface area (Å²) >= 11 is 5.92. The Labute approximate surface area is 105 Å². The Morgan fingerprint density at radius 2 is 2.24 bits per heavy atom. The molecular formula is C12H17ClF2N2. The quantitative estimate of drug-likeness (QED) is 0.851. The standard InChI is InChI=1S/C12H17ClF2N2/c1-3-5-17-11(12(2,14)15)7-9-4-6-16-8-10(9)13/h4,6,8,11,17H,3,5,7H2,1-2H3. The molecule has 0 saturated heterocycles. The van der Waals surface area contributed by atoms with Gasteiger partial charge in [-0.05, 0) is 31.0 Å². The first-order chi connectivity index (χ1) is 7.95. The third-order valence-corrected chi connectivity index (χ3v) is 2.87. The first-order valence-corrected chi connectivity index (χ1v) is 6.02. The van der Waals surface area contributed by atoms with Crippen LogP contribution in [0.25, 0.3) is 0 Å². The Morgan fingerprint density at radius 1 is 1.53 bits per heavy atom. The maximum absolute atomic E-state index is 13.4. The van der Waals surface area contributed by atoms with E-state index in [0.29, 0.717) is 17.1 Å². The Kier molecular flexibility index (Phi) is 5.28. The van der Waals surface area contributed by atoms with Crippen LogP contribution in [0.15, 0.2) is 18.5 Å². The van der Waals surface area contributed by atoms with Crippen LogP contribution in [-0.2, 0) is 6.42 Å². The zero-order valence-corrected chi connectivity index (χ0v) is 10.8. The fourth-order valence-corrected chi connectivity index (χ4v) is 1.74. The van der Waals surface area contributed by atoms with E-state index < -0.39 is 12.0 Å². The number of hydrogen-bond donors (Lipinski definition) is 1. The first-order valence-electron chi connectivity index (χ1n) is 5.64. The highest BCUT2D eigenvalue weighted by Crippen LogP contribution is 2.23. The van der Waals surface area contributed by atoms with Crippen LogP contribution in [-0.4, -0.2) is 23.5 Å². The second kappa shape index (κ2) is 6.26. The van der Waals surface area contributed by atoms with Crippen LogP contribution in [0, 0.1) is 0 Å². The molecule has 5 heteroatoms. The number of hydrogen-bond acceptors (Lipinski definition) is 2. The van der Waals surface area contributed by atoms with Gasteiger partial charge in [0.25, 0.3) is 5.92 Å². The van der Waals surface area contributed by atoms with E-state index in [1.807, 2.05) is 6.92 Å². The van der Waals surface area contributed by atoms with E-state index in [-0.39, 0.29) is 6.42 Å². The van der Waals surface area contributed by atoms with Crippen molar-refractivity contribution in [3.8, 4) is 0 Å². The molecule has 96 valence electrons. The summed E-state index contributed by atoms with van der Waals surface area (Å²) in [6, 6.07) is 0.775. The molecule has 0 aromatic carbocycles. The van der Waals surface area contributed by atoms with Crippen molar-refractivity contribution in [2.75, 3.05) is 6.54 Å². The monoisotopic (exact) mass is 262 g/mol. The molecular weight excluding hydrogens is 246 g/mol. The van der Waals surface area contributed by atoms with Gasteiger partial charge in [0.15, 0.2) is 0 Å². The molecule has 0 bridgehead atoms. The van der Waals surface area contributed by atoms with Crippen LogP contribution < -0.4 is 5.32 Å². The van der Waals surface area contributed by atoms with Gasteiger partial charge in [-0.2, -0.15) is 0 Å². The third kappa shape index (κ3) is 4.56. The van der Waals surface area contributed by atoms with E-state index in [1.165, 1.54) is 6.20 Å². The second-order valence-corrected chi connectivity index (χ2v) is 4.54. The molecule has 1 rings (SSSR count). The Bertz CT molecular complexity index is 353. The van der Waals surface area contributed by atoms with Crippen molar-refractivity contribution < 1.29 is 8.78 Å². The molecule has 1 heterocycles. The van der Waals surface area contributed by atoms with Gasteiger partial charge in [0.2, 0.25) is 0 Å². The number of nitrogens with zero attached hydrogens (tertiary/aromatic N) is 1. The lowest BCUT2D eigenvalue weighted by Gasteiger charge is -2.25. The van der Waals surface area contributed by atoms with Crippen LogP contribution in [0.3, 0.4) is 0 Å². The predicted octanol–water partition coefficient (Wildman–Crippen LogP) is 3.30. The molecule has 0 aliphatic rings. The first kappa shape index (κ1) is 14.3. The highest BCUT2D eigenvalue weighted by molar-refractivity contribution is 6.31. The predicted molar refractivity (Wildman–Crippen MR) is 65.7 cm³/mol. The second-order valence-electron chi connectivity index (χ2n) is 4.13. The highest BCUT2D eigenvalue weighted by Gasteiger charge is 2.33. The van der Waals surface area contributed by atoms with E-state index in [4.69, 9.17) is 11.6 Å². The minimum atomic E-state index is -2.78. The molecule has 1 unspecified atom stereocenters. The van der Waals surface area contributed by atoms with Crippen molar-refractivity contribution in [2.45, 2.75) is 38.7 Å². The van der Waals surface area contributed by atoms with Crippen molar-refractivity contribution in [2.24, 2.45) is 0 Å². The fourth-order valence-electron chi connectivity index (χ4n) is 1.54. The molecule has 0 amide bonds. The summed E-state index contributed by atoms with van der Waals surface area (Å²) in [7, 11) is 0. The SMILES string of the molecule is CCCNC(Cc1ccncc1Cl)C(C)(F)F. The fraction of sp³-hybridized carbons (Fsp3) is 0.583. The van der Waals surface area contributed by atoms with Crippen LogP contribution in [0.2, 0.25) is 5.02 Å². The summed E-state index contributed by atoms with van der Waals surface area (Å²) < 4.78 is 26.8. The average molecular weight is 263 g/mol. The summed E-state index contributed by atoms with van der Waals surface area (Å²) in [5.74, 6) is -2.78. The Hall–Kier alpha value is -0.740. The maximum atomic E-state index is 13.4. The van der Waals surface area contributed by atoms with Crippen molar-refractivity contribution >= 4 is 11.6 Å². The maximum Gasteiger partial charge on any atom is 0.260 e. The Morgan fingerprint density at radius 3 is 2.76 bits per heavy atom. The molecule has 1 aromatic heterocycles. The zero-order chi connectivity index (χ0) is 12.9. The highest BCUT2D eigenvalue weighted by atomic mass is 35.5. The minimum absolute atomic E-state index is 0.199. The van der Waals surface area contributed by atoms with Crippen molar-refractivity contribution in [1.29, 1.82) is 0 Å². The van der Waals surface area contributed by atoms with Crippen LogP contribution in [0.5, 0.6) is 0 Å². The van der Waals surface area contributed by atoms with Crippen LogP contribution in [0.4, 0.5) is 8.78 Å². The van der Waals surface area contributed by atoms with Gasteiger partial charge >= 0.3 is 0 Å². The molecule has 0 aliphatic carbocycles. The molecule has 0 fully saturated rings. The van der Waals surface area contributed by atoms with Crippen molar-refractivity contribution in [3.05, 3.63) is 29.0 Å². The summed E-state index contributed by atoms with van der Waals surface area (Å²) in [4.78, 5) is 3.84. The molecule has 0 radical (unpaired) electrons. The van der Waals surface area contributed by atoms with E-state index >= 15 is 0 Å². The van der Waals surface area contributed by atoms with Gasteiger partial charge in [0.05, 0.1) is 11.1 Å². The van der Waals surface area contributed by atoms with E-state index in [1.54, 1.807) is 12.3 Å². The summed E-state index contributed by atoms with van der Waals surface area (Å²) in [5.41, 5.74) is 0.691. The van der Waals surface area contributed by atoms with Gasteiger partial charge in [-0.1, -0.05) is 18.5 Å². The smallest absolute Gasteiger partial charge is 0.260 e. The van der Waals surface area contributed by atoms with Gasteiger partial charge in [0.1, 0.15) is 0 Å². The topological polar surface area (TPSA) is 24.9 Å². The van der Waals surface area contributed by atoms with Gasteiger partial charge in [-0.3, -0.25) is 4.98 Å². The zero-order valence-electron chi connectivity index (χ0n) is 10.0. The number of rotatable bonds is 6. The Balaban J connectivity index is 2.76. The molecule has 0 aliphatic heterocycles.